The van der Waals surface area contributed by atoms with Crippen molar-refractivity contribution in [1.82, 2.24) is 15.5 Å². The molecule has 2 N–H and O–H groups in total. The molecule has 0 unspecified atom stereocenters. The zero-order valence-electron chi connectivity index (χ0n) is 15.6. The molecule has 0 bridgehead atoms. The summed E-state index contributed by atoms with van der Waals surface area (Å²) in [7, 11) is 0. The van der Waals surface area contributed by atoms with Gasteiger partial charge in [-0.05, 0) is 38.8 Å². The largest absolute Gasteiger partial charge is 0.357 e. The lowest BCUT2D eigenvalue weighted by molar-refractivity contribution is -0.130. The third kappa shape index (κ3) is 8.77. The van der Waals surface area contributed by atoms with Crippen LogP contribution in [0.25, 0.3) is 0 Å². The van der Waals surface area contributed by atoms with E-state index in [1.54, 1.807) is 4.90 Å². The molecule has 0 spiro atoms. The number of amides is 1. The van der Waals surface area contributed by atoms with Gasteiger partial charge in [-0.25, -0.2) is 8.78 Å². The predicted octanol–water partition coefficient (Wildman–Crippen LogP) is 2.94. The Morgan fingerprint density at radius 1 is 1.15 bits per heavy atom. The summed E-state index contributed by atoms with van der Waals surface area (Å²) < 4.78 is 26.5. The molecule has 1 aromatic rings. The van der Waals surface area contributed by atoms with Crippen LogP contribution in [0.1, 0.15) is 32.8 Å². The highest BCUT2D eigenvalue weighted by Gasteiger charge is 2.09. The number of benzene rings is 1. The first-order chi connectivity index (χ1) is 12.0. The fraction of sp³-hybridized carbons (Fsp3) is 0.556. The molecular formula is C18H29F2IN4O. The van der Waals surface area contributed by atoms with Gasteiger partial charge in [-0.3, -0.25) is 9.79 Å². The molecule has 26 heavy (non-hydrogen) atoms. The Hall–Kier alpha value is -1.45. The molecule has 0 aliphatic heterocycles. The predicted molar refractivity (Wildman–Crippen MR) is 112 cm³/mol. The van der Waals surface area contributed by atoms with Crippen molar-refractivity contribution in [2.75, 3.05) is 32.7 Å². The fourth-order valence-corrected chi connectivity index (χ4v) is 2.38. The zero-order chi connectivity index (χ0) is 18.7. The van der Waals surface area contributed by atoms with Gasteiger partial charge in [0.15, 0.2) is 5.96 Å². The summed E-state index contributed by atoms with van der Waals surface area (Å²) in [6.07, 6.45) is 0.764. The van der Waals surface area contributed by atoms with E-state index in [-0.39, 0.29) is 29.9 Å². The summed E-state index contributed by atoms with van der Waals surface area (Å²) in [5.41, 5.74) is 0.446. The van der Waals surface area contributed by atoms with Crippen molar-refractivity contribution in [3.05, 3.63) is 35.4 Å². The Balaban J connectivity index is 0.00000625. The number of guanidine groups is 1. The van der Waals surface area contributed by atoms with Gasteiger partial charge in [0.25, 0.3) is 0 Å². The Labute approximate surface area is 171 Å². The summed E-state index contributed by atoms with van der Waals surface area (Å²) >= 11 is 0. The lowest BCUT2D eigenvalue weighted by Gasteiger charge is -2.18. The van der Waals surface area contributed by atoms with Crippen molar-refractivity contribution in [2.45, 2.75) is 33.6 Å². The average Bonchev–Trinajstić information content (AvgIpc) is 2.58. The summed E-state index contributed by atoms with van der Waals surface area (Å²) in [6.45, 7) is 8.75. The molecule has 148 valence electrons. The van der Waals surface area contributed by atoms with Crippen LogP contribution in [0.15, 0.2) is 23.2 Å². The molecule has 1 rings (SSSR count). The van der Waals surface area contributed by atoms with E-state index in [0.29, 0.717) is 57.1 Å². The van der Waals surface area contributed by atoms with Gasteiger partial charge in [0.05, 0.1) is 6.54 Å². The van der Waals surface area contributed by atoms with Crippen LogP contribution in [0.3, 0.4) is 0 Å². The molecular weight excluding hydrogens is 453 g/mol. The summed E-state index contributed by atoms with van der Waals surface area (Å²) in [5.74, 6) is -0.467. The summed E-state index contributed by atoms with van der Waals surface area (Å²) in [5, 5.41) is 6.18. The minimum absolute atomic E-state index is 0. The van der Waals surface area contributed by atoms with Crippen molar-refractivity contribution < 1.29 is 13.6 Å². The fourth-order valence-electron chi connectivity index (χ4n) is 2.38. The number of hydrogen-bond acceptors (Lipinski definition) is 2. The van der Waals surface area contributed by atoms with Crippen LogP contribution < -0.4 is 10.6 Å². The van der Waals surface area contributed by atoms with Crippen LogP contribution >= 0.6 is 24.0 Å². The van der Waals surface area contributed by atoms with Crippen molar-refractivity contribution in [3.63, 3.8) is 0 Å². The number of hydrogen-bond donors (Lipinski definition) is 2. The zero-order valence-corrected chi connectivity index (χ0v) is 18.0. The first-order valence-electron chi connectivity index (χ1n) is 8.75. The summed E-state index contributed by atoms with van der Waals surface area (Å²) in [6, 6.07) is 3.57. The number of rotatable bonds is 9. The highest BCUT2D eigenvalue weighted by molar-refractivity contribution is 14.0. The SMILES string of the molecule is CCNC(=NCCC(=O)N(CC)CC)NCCc1ccc(F)cc1F.I. The molecule has 5 nitrogen and oxygen atoms in total. The van der Waals surface area contributed by atoms with Gasteiger partial charge in [-0.2, -0.15) is 0 Å². The Kier molecular flexibility index (Phi) is 12.9. The lowest BCUT2D eigenvalue weighted by Crippen LogP contribution is -2.38. The van der Waals surface area contributed by atoms with Gasteiger partial charge in [-0.1, -0.05) is 6.07 Å². The third-order valence-electron chi connectivity index (χ3n) is 3.76. The van der Waals surface area contributed by atoms with Gasteiger partial charge in [0.1, 0.15) is 11.6 Å². The second-order valence-corrected chi connectivity index (χ2v) is 5.49. The molecule has 0 saturated carbocycles. The second-order valence-electron chi connectivity index (χ2n) is 5.49. The van der Waals surface area contributed by atoms with Crippen LogP contribution in [0.2, 0.25) is 0 Å². The number of aliphatic imine (C=N–C) groups is 1. The summed E-state index contributed by atoms with van der Waals surface area (Å²) in [4.78, 5) is 18.1. The smallest absolute Gasteiger partial charge is 0.224 e. The van der Waals surface area contributed by atoms with E-state index in [1.807, 2.05) is 20.8 Å². The maximum absolute atomic E-state index is 13.6. The highest BCUT2D eigenvalue weighted by Crippen LogP contribution is 2.09. The van der Waals surface area contributed by atoms with Gasteiger partial charge < -0.3 is 15.5 Å². The van der Waals surface area contributed by atoms with Gasteiger partial charge >= 0.3 is 0 Å². The number of nitrogens with one attached hydrogen (secondary N) is 2. The van der Waals surface area contributed by atoms with E-state index in [4.69, 9.17) is 0 Å². The Morgan fingerprint density at radius 2 is 1.85 bits per heavy atom. The average molecular weight is 482 g/mol. The van der Waals surface area contributed by atoms with Crippen molar-refractivity contribution in [2.24, 2.45) is 4.99 Å². The molecule has 0 atom stereocenters. The molecule has 0 radical (unpaired) electrons. The molecule has 0 aliphatic rings. The lowest BCUT2D eigenvalue weighted by atomic mass is 10.1. The first kappa shape index (κ1) is 24.6. The normalized spacial score (nSPS) is 10.9. The first-order valence-corrected chi connectivity index (χ1v) is 8.75. The minimum Gasteiger partial charge on any atom is -0.357 e. The molecule has 1 amide bonds. The van der Waals surface area contributed by atoms with Gasteiger partial charge in [0, 0.05) is 38.7 Å². The number of carbonyl (C=O) groups is 1. The molecule has 0 saturated heterocycles. The van der Waals surface area contributed by atoms with E-state index in [2.05, 4.69) is 15.6 Å². The van der Waals surface area contributed by atoms with Crippen LogP contribution in [-0.2, 0) is 11.2 Å². The van der Waals surface area contributed by atoms with E-state index in [9.17, 15) is 13.6 Å². The van der Waals surface area contributed by atoms with Crippen molar-refractivity contribution >= 4 is 35.8 Å². The van der Waals surface area contributed by atoms with E-state index in [1.165, 1.54) is 12.1 Å². The van der Waals surface area contributed by atoms with Crippen LogP contribution in [0, 0.1) is 11.6 Å². The number of carbonyl (C=O) groups excluding carboxylic acids is 1. The van der Waals surface area contributed by atoms with Gasteiger partial charge in [0.2, 0.25) is 5.91 Å². The standard InChI is InChI=1S/C18H28F2N4O.HI/c1-4-21-18(23-12-10-17(25)24(5-2)6-3)22-11-9-14-7-8-15(19)13-16(14)20;/h7-8,13H,4-6,9-12H2,1-3H3,(H2,21,22,23);1H. The molecule has 1 aromatic carbocycles. The van der Waals surface area contributed by atoms with Crippen molar-refractivity contribution in [3.8, 4) is 0 Å². The van der Waals surface area contributed by atoms with Crippen LogP contribution in [0.5, 0.6) is 0 Å². The highest BCUT2D eigenvalue weighted by atomic mass is 127. The monoisotopic (exact) mass is 482 g/mol. The van der Waals surface area contributed by atoms with Crippen LogP contribution in [-0.4, -0.2) is 49.5 Å². The third-order valence-corrected chi connectivity index (χ3v) is 3.76. The topological polar surface area (TPSA) is 56.7 Å². The van der Waals surface area contributed by atoms with E-state index in [0.717, 1.165) is 6.07 Å². The quantitative estimate of drug-likeness (QED) is 0.324. The van der Waals surface area contributed by atoms with E-state index < -0.39 is 11.6 Å². The molecule has 0 fully saturated rings. The second kappa shape index (κ2) is 13.7. The maximum atomic E-state index is 13.6. The minimum atomic E-state index is -0.582. The molecule has 0 heterocycles. The Morgan fingerprint density at radius 3 is 2.42 bits per heavy atom. The Bertz CT molecular complexity index is 580. The maximum Gasteiger partial charge on any atom is 0.224 e. The van der Waals surface area contributed by atoms with E-state index >= 15 is 0 Å². The molecule has 0 aliphatic carbocycles. The van der Waals surface area contributed by atoms with Crippen LogP contribution in [0.4, 0.5) is 8.78 Å². The molecule has 8 heteroatoms. The number of nitrogens with zero attached hydrogens (tertiary/aromatic N) is 2. The molecule has 0 aromatic heterocycles. The number of halogens is 3. The van der Waals surface area contributed by atoms with Gasteiger partial charge in [-0.15, -0.1) is 24.0 Å². The van der Waals surface area contributed by atoms with Crippen molar-refractivity contribution in [1.29, 1.82) is 0 Å².